The highest BCUT2D eigenvalue weighted by molar-refractivity contribution is 6.30. The van der Waals surface area contributed by atoms with E-state index in [4.69, 9.17) is 11.6 Å². The molecule has 1 fully saturated rings. The molecule has 29 heavy (non-hydrogen) atoms. The van der Waals surface area contributed by atoms with Crippen LogP contribution in [0.4, 0.5) is 8.78 Å². The number of carbonyl (C=O) groups is 1. The molecule has 2 atom stereocenters. The Labute approximate surface area is 168 Å². The van der Waals surface area contributed by atoms with Crippen molar-refractivity contribution in [2.75, 3.05) is 13.1 Å². The van der Waals surface area contributed by atoms with Crippen LogP contribution in [0, 0.1) is 5.92 Å². The summed E-state index contributed by atoms with van der Waals surface area (Å²) in [6, 6.07) is 2.66. The number of nitrogens with one attached hydrogen (secondary N) is 1. The molecule has 0 bridgehead atoms. The topological polar surface area (TPSA) is 96.2 Å². The number of piperidine rings is 1. The summed E-state index contributed by atoms with van der Waals surface area (Å²) in [5, 5.41) is 4.04. The number of likely N-dealkylation sites (tertiary alicyclic amines) is 1. The highest BCUT2D eigenvalue weighted by Gasteiger charge is 2.33. The molecular weight excluding hydrogens is 406 g/mol. The largest absolute Gasteiger partial charge is 0.338 e. The van der Waals surface area contributed by atoms with Gasteiger partial charge >= 0.3 is 0 Å². The van der Waals surface area contributed by atoms with E-state index in [0.717, 1.165) is 0 Å². The zero-order chi connectivity index (χ0) is 20.7. The third kappa shape index (κ3) is 3.59. The highest BCUT2D eigenvalue weighted by atomic mass is 35.5. The quantitative estimate of drug-likeness (QED) is 0.700. The van der Waals surface area contributed by atoms with E-state index < -0.39 is 12.0 Å². The Balaban J connectivity index is 1.69. The Hall–Kier alpha value is -2.88. The van der Waals surface area contributed by atoms with Gasteiger partial charge in [0.25, 0.3) is 23.7 Å². The number of alkyl halides is 2. The molecule has 0 aliphatic carbocycles. The summed E-state index contributed by atoms with van der Waals surface area (Å²) < 4.78 is 28.1. The fraction of sp³-hybridized carbons (Fsp3) is 0.389. The van der Waals surface area contributed by atoms with Crippen LogP contribution in [-0.4, -0.2) is 48.5 Å². The molecule has 0 saturated carbocycles. The lowest BCUT2D eigenvalue weighted by Crippen LogP contribution is -2.43. The standard InChI is InChI=1S/C18H17ClF2N6O2/c1-9-2-3-26(17(29)10-4-12(19)16(28)22-6-10)7-11(9)14-5-13(15(20)21)25-18-23-8-24-27(14)18/h4-6,8-9,11,15H,2-3,7H2,1H3,(H,22,28)/t9?,11-/m1/s1. The molecule has 1 aliphatic rings. The maximum absolute atomic E-state index is 13.3. The van der Waals surface area contributed by atoms with Crippen molar-refractivity contribution in [2.45, 2.75) is 25.7 Å². The summed E-state index contributed by atoms with van der Waals surface area (Å²) in [5.41, 5.74) is -0.0501. The molecular formula is C18H17ClF2N6O2. The zero-order valence-corrected chi connectivity index (χ0v) is 16.1. The normalized spacial score (nSPS) is 19.8. The first kappa shape index (κ1) is 19.4. The molecule has 0 radical (unpaired) electrons. The average molecular weight is 423 g/mol. The van der Waals surface area contributed by atoms with Gasteiger partial charge in [-0.15, -0.1) is 0 Å². The van der Waals surface area contributed by atoms with Crippen LogP contribution < -0.4 is 5.56 Å². The van der Waals surface area contributed by atoms with Gasteiger partial charge in [0.05, 0.1) is 11.3 Å². The van der Waals surface area contributed by atoms with Gasteiger partial charge in [0.1, 0.15) is 17.0 Å². The first-order valence-corrected chi connectivity index (χ1v) is 9.39. The molecule has 1 aliphatic heterocycles. The number of fused-ring (bicyclic) bond motifs is 1. The van der Waals surface area contributed by atoms with Crippen LogP contribution in [0.3, 0.4) is 0 Å². The number of aromatic nitrogens is 5. The smallest absolute Gasteiger partial charge is 0.280 e. The summed E-state index contributed by atoms with van der Waals surface area (Å²) in [6.45, 7) is 2.81. The number of carbonyl (C=O) groups excluding carboxylic acids is 1. The van der Waals surface area contributed by atoms with Gasteiger partial charge in [-0.1, -0.05) is 18.5 Å². The second kappa shape index (κ2) is 7.51. The van der Waals surface area contributed by atoms with Gasteiger partial charge in [-0.25, -0.2) is 18.3 Å². The molecule has 3 aromatic rings. The van der Waals surface area contributed by atoms with Crippen LogP contribution in [0.2, 0.25) is 5.02 Å². The van der Waals surface area contributed by atoms with E-state index in [2.05, 4.69) is 20.1 Å². The minimum absolute atomic E-state index is 0.0715. The SMILES string of the molecule is CC1CCN(C(=O)c2c[nH]c(=O)c(Cl)c2)C[C@H]1c1cc(C(F)F)nc2ncnn12. The predicted octanol–water partition coefficient (Wildman–Crippen LogP) is 2.67. The monoisotopic (exact) mass is 422 g/mol. The molecule has 1 N–H and O–H groups in total. The van der Waals surface area contributed by atoms with Gasteiger partial charge in [0, 0.05) is 25.2 Å². The van der Waals surface area contributed by atoms with Crippen LogP contribution in [0.25, 0.3) is 5.78 Å². The third-order valence-corrected chi connectivity index (χ3v) is 5.53. The van der Waals surface area contributed by atoms with E-state index in [9.17, 15) is 18.4 Å². The summed E-state index contributed by atoms with van der Waals surface area (Å²) in [7, 11) is 0. The molecule has 8 nitrogen and oxygen atoms in total. The van der Waals surface area contributed by atoms with Crippen molar-refractivity contribution in [1.29, 1.82) is 0 Å². The second-order valence-electron chi connectivity index (χ2n) is 7.07. The molecule has 3 aromatic heterocycles. The number of halogens is 3. The second-order valence-corrected chi connectivity index (χ2v) is 7.47. The van der Waals surface area contributed by atoms with Crippen LogP contribution >= 0.6 is 11.6 Å². The van der Waals surface area contributed by atoms with Crippen LogP contribution in [0.1, 0.15) is 47.4 Å². The maximum Gasteiger partial charge on any atom is 0.280 e. The summed E-state index contributed by atoms with van der Waals surface area (Å²) >= 11 is 5.83. The Kier molecular flexibility index (Phi) is 5.03. The van der Waals surface area contributed by atoms with Gasteiger partial charge in [0.2, 0.25) is 0 Å². The van der Waals surface area contributed by atoms with Crippen molar-refractivity contribution in [3.05, 3.63) is 57.0 Å². The van der Waals surface area contributed by atoms with Crippen molar-refractivity contribution in [3.63, 3.8) is 0 Å². The van der Waals surface area contributed by atoms with E-state index in [-0.39, 0.29) is 39.8 Å². The molecule has 0 aromatic carbocycles. The maximum atomic E-state index is 13.3. The van der Waals surface area contributed by atoms with Crippen molar-refractivity contribution in [3.8, 4) is 0 Å². The molecule has 11 heteroatoms. The lowest BCUT2D eigenvalue weighted by molar-refractivity contribution is 0.0665. The summed E-state index contributed by atoms with van der Waals surface area (Å²) in [5.74, 6) is -0.312. The fourth-order valence-corrected chi connectivity index (χ4v) is 3.80. The third-order valence-electron chi connectivity index (χ3n) is 5.25. The van der Waals surface area contributed by atoms with Crippen LogP contribution in [-0.2, 0) is 0 Å². The number of hydrogen-bond acceptors (Lipinski definition) is 5. The number of H-pyrrole nitrogens is 1. The highest BCUT2D eigenvalue weighted by Crippen LogP contribution is 2.34. The van der Waals surface area contributed by atoms with E-state index in [1.165, 1.54) is 29.2 Å². The lowest BCUT2D eigenvalue weighted by Gasteiger charge is -2.37. The van der Waals surface area contributed by atoms with Gasteiger partial charge in [-0.05, 0) is 24.5 Å². The first-order valence-electron chi connectivity index (χ1n) is 9.01. The number of aromatic amines is 1. The van der Waals surface area contributed by atoms with Crippen LogP contribution in [0.15, 0.2) is 29.5 Å². The number of pyridine rings is 1. The molecule has 4 rings (SSSR count). The Morgan fingerprint density at radius 3 is 2.90 bits per heavy atom. The molecule has 1 unspecified atom stereocenters. The minimum atomic E-state index is -2.74. The molecule has 152 valence electrons. The van der Waals surface area contributed by atoms with Crippen molar-refractivity contribution < 1.29 is 13.6 Å². The predicted molar refractivity (Wildman–Crippen MR) is 100 cm³/mol. The summed E-state index contributed by atoms with van der Waals surface area (Å²) in [4.78, 5) is 36.2. The Bertz CT molecular complexity index is 1130. The van der Waals surface area contributed by atoms with Crippen LogP contribution in [0.5, 0.6) is 0 Å². The molecule has 4 heterocycles. The van der Waals surface area contributed by atoms with Gasteiger partial charge in [0.15, 0.2) is 0 Å². The molecule has 0 spiro atoms. The van der Waals surface area contributed by atoms with Gasteiger partial charge in [-0.2, -0.15) is 10.1 Å². The lowest BCUT2D eigenvalue weighted by atomic mass is 9.84. The molecule has 1 saturated heterocycles. The number of rotatable bonds is 3. The van der Waals surface area contributed by atoms with Crippen molar-refractivity contribution in [1.82, 2.24) is 29.5 Å². The van der Waals surface area contributed by atoms with Crippen molar-refractivity contribution in [2.24, 2.45) is 5.92 Å². The van der Waals surface area contributed by atoms with E-state index in [1.54, 1.807) is 4.90 Å². The number of amides is 1. The van der Waals surface area contributed by atoms with Gasteiger partial charge < -0.3 is 9.88 Å². The Morgan fingerprint density at radius 2 is 2.17 bits per heavy atom. The van der Waals surface area contributed by atoms with Gasteiger partial charge in [-0.3, -0.25) is 9.59 Å². The van der Waals surface area contributed by atoms with Crippen molar-refractivity contribution >= 4 is 23.3 Å². The number of nitrogens with zero attached hydrogens (tertiary/aromatic N) is 5. The number of hydrogen-bond donors (Lipinski definition) is 1. The minimum Gasteiger partial charge on any atom is -0.338 e. The Morgan fingerprint density at radius 1 is 1.38 bits per heavy atom. The average Bonchev–Trinajstić information content (AvgIpc) is 3.18. The van der Waals surface area contributed by atoms with E-state index >= 15 is 0 Å². The fourth-order valence-electron chi connectivity index (χ4n) is 3.63. The zero-order valence-electron chi connectivity index (χ0n) is 15.3. The summed E-state index contributed by atoms with van der Waals surface area (Å²) in [6.07, 6.45) is 0.520. The van der Waals surface area contributed by atoms with E-state index in [0.29, 0.717) is 25.2 Å². The molecule has 1 amide bonds. The van der Waals surface area contributed by atoms with E-state index in [1.807, 2.05) is 6.92 Å². The first-order chi connectivity index (χ1) is 13.8.